The second-order valence-corrected chi connectivity index (χ2v) is 8.24. The van der Waals surface area contributed by atoms with Gasteiger partial charge >= 0.3 is 0 Å². The van der Waals surface area contributed by atoms with E-state index in [9.17, 15) is 4.79 Å². The van der Waals surface area contributed by atoms with E-state index in [1.165, 1.54) is 0 Å². The molecule has 0 N–H and O–H groups in total. The number of unbranched alkanes of at least 4 members (excludes halogenated alkanes) is 1. The van der Waals surface area contributed by atoms with Crippen molar-refractivity contribution in [3.63, 3.8) is 0 Å². The van der Waals surface area contributed by atoms with Crippen molar-refractivity contribution in [1.82, 2.24) is 34.5 Å². The number of carbonyl (C=O) groups is 1. The number of hydrogen-bond acceptors (Lipinski definition) is 6. The molecule has 1 fully saturated rings. The zero-order valence-electron chi connectivity index (χ0n) is 17.5. The fraction of sp³-hybridized carbons (Fsp3) is 0.667. The Hall–Kier alpha value is -2.35. The molecule has 1 saturated heterocycles. The Bertz CT molecular complexity index is 814. The summed E-state index contributed by atoms with van der Waals surface area (Å²) in [6, 6.07) is 0.336. The first kappa shape index (κ1) is 19.9. The monoisotopic (exact) mass is 397 g/mol. The molecule has 2 aromatic heterocycles. The summed E-state index contributed by atoms with van der Waals surface area (Å²) in [4.78, 5) is 26.7. The van der Waals surface area contributed by atoms with Gasteiger partial charge < -0.3 is 14.4 Å². The van der Waals surface area contributed by atoms with Crippen LogP contribution in [0.3, 0.4) is 0 Å². The SMILES string of the molecule is CCCCN(C(=O)C1CCCn2c(-c3cnccn3)nnc21)C1CCN(C)CC1. The van der Waals surface area contributed by atoms with Gasteiger partial charge in [0.2, 0.25) is 5.91 Å². The molecule has 8 heteroatoms. The van der Waals surface area contributed by atoms with E-state index in [1.807, 2.05) is 0 Å². The molecule has 0 aliphatic carbocycles. The van der Waals surface area contributed by atoms with Crippen molar-refractivity contribution >= 4 is 5.91 Å². The first-order chi connectivity index (χ1) is 14.2. The molecule has 0 radical (unpaired) electrons. The molecule has 2 aromatic rings. The van der Waals surface area contributed by atoms with Crippen LogP contribution in [0, 0.1) is 0 Å². The Morgan fingerprint density at radius 1 is 1.17 bits per heavy atom. The van der Waals surface area contributed by atoms with Crippen LogP contribution in [0.4, 0.5) is 0 Å². The third kappa shape index (κ3) is 4.17. The molecule has 0 saturated carbocycles. The number of hydrogen-bond donors (Lipinski definition) is 0. The van der Waals surface area contributed by atoms with E-state index in [-0.39, 0.29) is 11.8 Å². The molecule has 2 aliphatic rings. The lowest BCUT2D eigenvalue weighted by Gasteiger charge is -2.39. The molecular formula is C21H31N7O. The summed E-state index contributed by atoms with van der Waals surface area (Å²) in [7, 11) is 2.16. The van der Waals surface area contributed by atoms with E-state index in [4.69, 9.17) is 0 Å². The fourth-order valence-electron chi connectivity index (χ4n) is 4.52. The Balaban J connectivity index is 1.59. The lowest BCUT2D eigenvalue weighted by molar-refractivity contribution is -0.137. The van der Waals surface area contributed by atoms with Crippen LogP contribution >= 0.6 is 0 Å². The van der Waals surface area contributed by atoms with Gasteiger partial charge in [-0.1, -0.05) is 13.3 Å². The second-order valence-electron chi connectivity index (χ2n) is 8.24. The molecule has 1 unspecified atom stereocenters. The van der Waals surface area contributed by atoms with E-state index < -0.39 is 0 Å². The standard InChI is InChI=1S/C21H31N7O/c1-3-4-11-27(16-7-13-26(2)14-8-16)21(29)17-6-5-12-28-19(17)24-25-20(28)18-15-22-9-10-23-18/h9-10,15-17H,3-8,11-14H2,1-2H3. The second kappa shape index (κ2) is 8.98. The molecule has 1 atom stereocenters. The van der Waals surface area contributed by atoms with Crippen LogP contribution in [0.15, 0.2) is 18.6 Å². The predicted molar refractivity (Wildman–Crippen MR) is 110 cm³/mol. The highest BCUT2D eigenvalue weighted by Crippen LogP contribution is 2.32. The van der Waals surface area contributed by atoms with Gasteiger partial charge in [-0.15, -0.1) is 10.2 Å². The number of nitrogens with zero attached hydrogens (tertiary/aromatic N) is 7. The van der Waals surface area contributed by atoms with Crippen molar-refractivity contribution in [1.29, 1.82) is 0 Å². The number of aromatic nitrogens is 5. The Morgan fingerprint density at radius 3 is 2.72 bits per heavy atom. The fourth-order valence-corrected chi connectivity index (χ4v) is 4.52. The van der Waals surface area contributed by atoms with Gasteiger partial charge in [-0.25, -0.2) is 4.98 Å². The minimum Gasteiger partial charge on any atom is -0.339 e. The summed E-state index contributed by atoms with van der Waals surface area (Å²) in [6.07, 6.45) is 11.0. The minimum atomic E-state index is -0.210. The van der Waals surface area contributed by atoms with E-state index in [1.54, 1.807) is 18.6 Å². The maximum absolute atomic E-state index is 13.7. The molecule has 2 aliphatic heterocycles. The van der Waals surface area contributed by atoms with Crippen molar-refractivity contribution in [3.05, 3.63) is 24.4 Å². The molecule has 0 spiro atoms. The number of piperidine rings is 1. The molecule has 0 bridgehead atoms. The summed E-state index contributed by atoms with van der Waals surface area (Å²) in [5.41, 5.74) is 0.706. The normalized spacial score (nSPS) is 20.4. The maximum Gasteiger partial charge on any atom is 0.233 e. The molecule has 29 heavy (non-hydrogen) atoms. The minimum absolute atomic E-state index is 0.210. The highest BCUT2D eigenvalue weighted by molar-refractivity contribution is 5.83. The van der Waals surface area contributed by atoms with Crippen LogP contribution in [-0.4, -0.2) is 73.2 Å². The maximum atomic E-state index is 13.7. The molecule has 8 nitrogen and oxygen atoms in total. The van der Waals surface area contributed by atoms with E-state index in [0.717, 1.165) is 70.5 Å². The van der Waals surface area contributed by atoms with E-state index >= 15 is 0 Å². The average molecular weight is 398 g/mol. The van der Waals surface area contributed by atoms with Gasteiger partial charge in [0.15, 0.2) is 5.82 Å². The number of carbonyl (C=O) groups excluding carboxylic acids is 1. The van der Waals surface area contributed by atoms with Gasteiger partial charge in [0, 0.05) is 31.5 Å². The van der Waals surface area contributed by atoms with Crippen LogP contribution in [0.25, 0.3) is 11.5 Å². The number of likely N-dealkylation sites (tertiary alicyclic amines) is 1. The van der Waals surface area contributed by atoms with Crippen molar-refractivity contribution in [2.75, 3.05) is 26.7 Å². The topological polar surface area (TPSA) is 80.0 Å². The predicted octanol–water partition coefficient (Wildman–Crippen LogP) is 2.34. The molecule has 4 heterocycles. The van der Waals surface area contributed by atoms with Gasteiger partial charge in [0.25, 0.3) is 0 Å². The lowest BCUT2D eigenvalue weighted by Crippen LogP contribution is -2.49. The van der Waals surface area contributed by atoms with Crippen molar-refractivity contribution < 1.29 is 4.79 Å². The van der Waals surface area contributed by atoms with Crippen molar-refractivity contribution in [2.24, 2.45) is 0 Å². The Kier molecular flexibility index (Phi) is 6.18. The summed E-state index contributed by atoms with van der Waals surface area (Å²) >= 11 is 0. The van der Waals surface area contributed by atoms with Gasteiger partial charge in [-0.2, -0.15) is 0 Å². The van der Waals surface area contributed by atoms with Crippen LogP contribution in [-0.2, 0) is 11.3 Å². The Morgan fingerprint density at radius 2 is 2.00 bits per heavy atom. The van der Waals surface area contributed by atoms with Gasteiger partial charge in [0.05, 0.1) is 12.1 Å². The summed E-state index contributed by atoms with van der Waals surface area (Å²) < 4.78 is 2.07. The zero-order valence-corrected chi connectivity index (χ0v) is 17.5. The highest BCUT2D eigenvalue weighted by Gasteiger charge is 2.36. The molecule has 4 rings (SSSR count). The molecule has 1 amide bonds. The Labute approximate surface area is 172 Å². The van der Waals surface area contributed by atoms with Gasteiger partial charge in [-0.3, -0.25) is 9.78 Å². The number of rotatable bonds is 6. The first-order valence-electron chi connectivity index (χ1n) is 10.9. The summed E-state index contributed by atoms with van der Waals surface area (Å²) in [5.74, 6) is 1.52. The highest BCUT2D eigenvalue weighted by atomic mass is 16.2. The summed E-state index contributed by atoms with van der Waals surface area (Å²) in [6.45, 7) is 5.95. The zero-order chi connectivity index (χ0) is 20.2. The van der Waals surface area contributed by atoms with Crippen molar-refractivity contribution in [3.8, 4) is 11.5 Å². The third-order valence-corrected chi connectivity index (χ3v) is 6.22. The lowest BCUT2D eigenvalue weighted by atomic mass is 9.94. The van der Waals surface area contributed by atoms with E-state index in [2.05, 4.69) is 48.5 Å². The quantitative estimate of drug-likeness (QED) is 0.744. The molecule has 156 valence electrons. The largest absolute Gasteiger partial charge is 0.339 e. The van der Waals surface area contributed by atoms with Gasteiger partial charge in [-0.05, 0) is 52.2 Å². The van der Waals surface area contributed by atoms with Crippen molar-refractivity contribution in [2.45, 2.75) is 64.0 Å². The third-order valence-electron chi connectivity index (χ3n) is 6.22. The van der Waals surface area contributed by atoms with Crippen LogP contribution in [0.5, 0.6) is 0 Å². The summed E-state index contributed by atoms with van der Waals surface area (Å²) in [5, 5.41) is 8.82. The number of amides is 1. The molecular weight excluding hydrogens is 366 g/mol. The molecule has 0 aromatic carbocycles. The average Bonchev–Trinajstić information content (AvgIpc) is 3.20. The van der Waals surface area contributed by atoms with Crippen LogP contribution < -0.4 is 0 Å². The van der Waals surface area contributed by atoms with Gasteiger partial charge in [0.1, 0.15) is 11.5 Å². The van der Waals surface area contributed by atoms with Crippen LogP contribution in [0.1, 0.15) is 57.2 Å². The first-order valence-corrected chi connectivity index (χ1v) is 10.9. The van der Waals surface area contributed by atoms with E-state index in [0.29, 0.717) is 17.6 Å². The smallest absolute Gasteiger partial charge is 0.233 e. The van der Waals surface area contributed by atoms with Crippen LogP contribution in [0.2, 0.25) is 0 Å². The number of fused-ring (bicyclic) bond motifs is 1.